The van der Waals surface area contributed by atoms with Crippen molar-refractivity contribution >= 4 is 17.5 Å². The lowest BCUT2D eigenvalue weighted by molar-refractivity contribution is -0.115. The number of hydrogen-bond acceptors (Lipinski definition) is 2. The van der Waals surface area contributed by atoms with Gasteiger partial charge in [-0.25, -0.2) is 0 Å². The minimum Gasteiger partial charge on any atom is -0.339 e. The fourth-order valence-corrected chi connectivity index (χ4v) is 3.20. The molecule has 0 spiro atoms. The average molecular weight is 336 g/mol. The second-order valence-electron chi connectivity index (χ2n) is 6.59. The van der Waals surface area contributed by atoms with Gasteiger partial charge in [0.15, 0.2) is 0 Å². The summed E-state index contributed by atoms with van der Waals surface area (Å²) in [5.41, 5.74) is 3.42. The fraction of sp³-hybridized carbons (Fsp3) is 0.333. The number of rotatable bonds is 4. The molecule has 2 amide bonds. The Labute approximate surface area is 148 Å². The number of likely N-dealkylation sites (tertiary alicyclic amines) is 1. The molecule has 1 aliphatic heterocycles. The largest absolute Gasteiger partial charge is 0.339 e. The maximum Gasteiger partial charge on any atom is 0.253 e. The molecule has 0 aromatic heterocycles. The molecule has 1 saturated heterocycles. The topological polar surface area (TPSA) is 49.4 Å². The SMILES string of the molecule is Cc1ccccc1CC(=O)Nc1cccc(C(=O)N2CCCCC2)c1. The van der Waals surface area contributed by atoms with Gasteiger partial charge in [0.05, 0.1) is 6.42 Å². The highest BCUT2D eigenvalue weighted by molar-refractivity contribution is 5.97. The molecule has 3 rings (SSSR count). The Hall–Kier alpha value is -2.62. The third-order valence-electron chi connectivity index (χ3n) is 4.65. The molecule has 0 radical (unpaired) electrons. The van der Waals surface area contributed by atoms with E-state index in [2.05, 4.69) is 5.32 Å². The van der Waals surface area contributed by atoms with Crippen LogP contribution in [0.5, 0.6) is 0 Å². The van der Waals surface area contributed by atoms with Crippen molar-refractivity contribution in [2.24, 2.45) is 0 Å². The molecule has 0 atom stereocenters. The van der Waals surface area contributed by atoms with E-state index in [-0.39, 0.29) is 11.8 Å². The van der Waals surface area contributed by atoms with E-state index in [1.54, 1.807) is 6.07 Å². The van der Waals surface area contributed by atoms with Gasteiger partial charge in [-0.1, -0.05) is 30.3 Å². The van der Waals surface area contributed by atoms with E-state index in [1.165, 1.54) is 6.42 Å². The Morgan fingerprint density at radius 3 is 2.52 bits per heavy atom. The molecule has 25 heavy (non-hydrogen) atoms. The highest BCUT2D eigenvalue weighted by Gasteiger charge is 2.18. The molecule has 130 valence electrons. The molecule has 0 saturated carbocycles. The summed E-state index contributed by atoms with van der Waals surface area (Å²) >= 11 is 0. The summed E-state index contributed by atoms with van der Waals surface area (Å²) in [6.45, 7) is 3.64. The van der Waals surface area contributed by atoms with Gasteiger partial charge in [0.25, 0.3) is 5.91 Å². The maximum absolute atomic E-state index is 12.6. The zero-order chi connectivity index (χ0) is 17.6. The smallest absolute Gasteiger partial charge is 0.253 e. The zero-order valence-electron chi connectivity index (χ0n) is 14.6. The van der Waals surface area contributed by atoms with Gasteiger partial charge < -0.3 is 10.2 Å². The predicted octanol–water partition coefficient (Wildman–Crippen LogP) is 3.80. The number of carbonyl (C=O) groups excluding carboxylic acids is 2. The van der Waals surface area contributed by atoms with Crippen LogP contribution in [0.4, 0.5) is 5.69 Å². The molecule has 0 aliphatic carbocycles. The Morgan fingerprint density at radius 2 is 1.76 bits per heavy atom. The van der Waals surface area contributed by atoms with E-state index in [4.69, 9.17) is 0 Å². The Balaban J connectivity index is 1.66. The van der Waals surface area contributed by atoms with E-state index in [0.717, 1.165) is 37.1 Å². The van der Waals surface area contributed by atoms with Crippen molar-refractivity contribution in [3.8, 4) is 0 Å². The molecule has 0 unspecified atom stereocenters. The molecule has 4 nitrogen and oxygen atoms in total. The van der Waals surface area contributed by atoms with Crippen LogP contribution in [0.2, 0.25) is 0 Å². The van der Waals surface area contributed by atoms with Crippen LogP contribution >= 0.6 is 0 Å². The molecule has 1 aliphatic rings. The molecular weight excluding hydrogens is 312 g/mol. The van der Waals surface area contributed by atoms with Gasteiger partial charge in [-0.05, 0) is 55.5 Å². The number of amides is 2. The maximum atomic E-state index is 12.6. The van der Waals surface area contributed by atoms with Crippen LogP contribution in [0.1, 0.15) is 40.7 Å². The van der Waals surface area contributed by atoms with Gasteiger partial charge in [0.1, 0.15) is 0 Å². The Bertz CT molecular complexity index is 764. The minimum absolute atomic E-state index is 0.0507. The number of nitrogens with zero attached hydrogens (tertiary/aromatic N) is 1. The first kappa shape index (κ1) is 17.2. The van der Waals surface area contributed by atoms with E-state index in [1.807, 2.05) is 54.3 Å². The lowest BCUT2D eigenvalue weighted by Gasteiger charge is -2.26. The van der Waals surface area contributed by atoms with Crippen LogP contribution in [0.15, 0.2) is 48.5 Å². The van der Waals surface area contributed by atoms with Crippen LogP contribution in [-0.4, -0.2) is 29.8 Å². The minimum atomic E-state index is -0.0723. The molecule has 2 aromatic rings. The van der Waals surface area contributed by atoms with Crippen LogP contribution < -0.4 is 5.32 Å². The van der Waals surface area contributed by atoms with E-state index < -0.39 is 0 Å². The van der Waals surface area contributed by atoms with Crippen LogP contribution in [-0.2, 0) is 11.2 Å². The van der Waals surface area contributed by atoms with E-state index >= 15 is 0 Å². The van der Waals surface area contributed by atoms with Gasteiger partial charge in [0.2, 0.25) is 5.91 Å². The fourth-order valence-electron chi connectivity index (χ4n) is 3.20. The molecule has 0 bridgehead atoms. The van der Waals surface area contributed by atoms with Crippen LogP contribution in [0.3, 0.4) is 0 Å². The number of benzene rings is 2. The number of hydrogen-bond donors (Lipinski definition) is 1. The third kappa shape index (κ3) is 4.47. The summed E-state index contributed by atoms with van der Waals surface area (Å²) in [6.07, 6.45) is 3.66. The van der Waals surface area contributed by atoms with Crippen molar-refractivity contribution in [3.63, 3.8) is 0 Å². The van der Waals surface area contributed by atoms with Gasteiger partial charge in [-0.3, -0.25) is 9.59 Å². The Morgan fingerprint density at radius 1 is 1.00 bits per heavy atom. The number of anilines is 1. The molecule has 1 N–H and O–H groups in total. The van der Waals surface area contributed by atoms with Gasteiger partial charge >= 0.3 is 0 Å². The second-order valence-corrected chi connectivity index (χ2v) is 6.59. The van der Waals surface area contributed by atoms with E-state index in [0.29, 0.717) is 17.7 Å². The lowest BCUT2D eigenvalue weighted by atomic mass is 10.1. The second kappa shape index (κ2) is 7.97. The highest BCUT2D eigenvalue weighted by Crippen LogP contribution is 2.17. The molecular formula is C21H24N2O2. The van der Waals surface area contributed by atoms with Crippen molar-refractivity contribution in [2.75, 3.05) is 18.4 Å². The average Bonchev–Trinajstić information content (AvgIpc) is 2.64. The number of nitrogens with one attached hydrogen (secondary N) is 1. The summed E-state index contributed by atoms with van der Waals surface area (Å²) < 4.78 is 0. The molecule has 4 heteroatoms. The number of carbonyl (C=O) groups is 2. The molecule has 2 aromatic carbocycles. The standard InChI is InChI=1S/C21H24N2O2/c1-16-8-3-4-9-17(16)15-20(24)22-19-11-7-10-18(14-19)21(25)23-12-5-2-6-13-23/h3-4,7-11,14H,2,5-6,12-13,15H2,1H3,(H,22,24). The van der Waals surface area contributed by atoms with Crippen LogP contribution in [0, 0.1) is 6.92 Å². The van der Waals surface area contributed by atoms with Crippen molar-refractivity contribution < 1.29 is 9.59 Å². The summed E-state index contributed by atoms with van der Waals surface area (Å²) in [7, 11) is 0. The van der Waals surface area contributed by atoms with Gasteiger partial charge in [-0.2, -0.15) is 0 Å². The first-order valence-electron chi connectivity index (χ1n) is 8.87. The predicted molar refractivity (Wildman–Crippen MR) is 99.7 cm³/mol. The first-order valence-corrected chi connectivity index (χ1v) is 8.87. The van der Waals surface area contributed by atoms with Crippen molar-refractivity contribution in [1.29, 1.82) is 0 Å². The Kier molecular flexibility index (Phi) is 5.49. The van der Waals surface area contributed by atoms with Crippen molar-refractivity contribution in [1.82, 2.24) is 4.90 Å². The molecule has 1 heterocycles. The first-order chi connectivity index (χ1) is 12.1. The quantitative estimate of drug-likeness (QED) is 0.923. The number of aryl methyl sites for hydroxylation is 1. The van der Waals surface area contributed by atoms with Gasteiger partial charge in [0, 0.05) is 24.3 Å². The third-order valence-corrected chi connectivity index (χ3v) is 4.65. The zero-order valence-corrected chi connectivity index (χ0v) is 14.6. The summed E-state index contributed by atoms with van der Waals surface area (Å²) in [4.78, 5) is 26.8. The lowest BCUT2D eigenvalue weighted by Crippen LogP contribution is -2.35. The van der Waals surface area contributed by atoms with Crippen molar-refractivity contribution in [2.45, 2.75) is 32.6 Å². The summed E-state index contributed by atoms with van der Waals surface area (Å²) in [5, 5.41) is 2.91. The highest BCUT2D eigenvalue weighted by atomic mass is 16.2. The normalized spacial score (nSPS) is 14.2. The van der Waals surface area contributed by atoms with Crippen LogP contribution in [0.25, 0.3) is 0 Å². The summed E-state index contributed by atoms with van der Waals surface area (Å²) in [5.74, 6) is -0.0217. The summed E-state index contributed by atoms with van der Waals surface area (Å²) in [6, 6.07) is 15.1. The van der Waals surface area contributed by atoms with E-state index in [9.17, 15) is 9.59 Å². The van der Waals surface area contributed by atoms with Gasteiger partial charge in [-0.15, -0.1) is 0 Å². The number of piperidine rings is 1. The monoisotopic (exact) mass is 336 g/mol. The van der Waals surface area contributed by atoms with Crippen molar-refractivity contribution in [3.05, 3.63) is 65.2 Å². The molecule has 1 fully saturated rings.